The molecule has 1 aliphatic rings. The molecule has 0 aliphatic carbocycles. The van der Waals surface area contributed by atoms with E-state index in [0.29, 0.717) is 17.8 Å². The van der Waals surface area contributed by atoms with E-state index in [2.05, 4.69) is 34.9 Å². The van der Waals surface area contributed by atoms with Crippen LogP contribution >= 0.6 is 11.8 Å². The lowest BCUT2D eigenvalue weighted by Gasteiger charge is -2.28. The molecule has 2 rings (SSSR count). The van der Waals surface area contributed by atoms with Gasteiger partial charge in [0, 0.05) is 37.9 Å². The van der Waals surface area contributed by atoms with E-state index in [1.54, 1.807) is 30.8 Å². The molecule has 2 N–H and O–H groups in total. The highest BCUT2D eigenvalue weighted by atomic mass is 32.2. The number of rotatable bonds is 6. The molecular formula is C18H28N4O2S. The molecule has 1 heterocycles. The molecule has 0 bridgehead atoms. The molecule has 138 valence electrons. The van der Waals surface area contributed by atoms with Gasteiger partial charge in [-0.3, -0.25) is 4.79 Å². The first-order valence-corrected chi connectivity index (χ1v) is 9.79. The highest BCUT2D eigenvalue weighted by molar-refractivity contribution is 7.99. The predicted octanol–water partition coefficient (Wildman–Crippen LogP) is 1.89. The smallest absolute Gasteiger partial charge is 0.243 e. The van der Waals surface area contributed by atoms with Gasteiger partial charge in [0.1, 0.15) is 12.3 Å². The Morgan fingerprint density at radius 1 is 1.44 bits per heavy atom. The van der Waals surface area contributed by atoms with E-state index in [-0.39, 0.29) is 18.5 Å². The van der Waals surface area contributed by atoms with Crippen molar-refractivity contribution in [1.29, 1.82) is 0 Å². The molecule has 1 aromatic rings. The summed E-state index contributed by atoms with van der Waals surface area (Å²) in [5, 5.41) is 7.27. The molecule has 6 nitrogen and oxygen atoms in total. The van der Waals surface area contributed by atoms with Crippen molar-refractivity contribution in [1.82, 2.24) is 15.5 Å². The number of carbonyl (C=O) groups excluding carboxylic acids is 1. The average molecular weight is 365 g/mol. The van der Waals surface area contributed by atoms with Gasteiger partial charge in [-0.15, -0.1) is 0 Å². The van der Waals surface area contributed by atoms with E-state index < -0.39 is 0 Å². The average Bonchev–Trinajstić information content (AvgIpc) is 2.63. The second-order valence-electron chi connectivity index (χ2n) is 6.25. The highest BCUT2D eigenvalue weighted by Gasteiger charge is 2.22. The molecule has 7 heteroatoms. The van der Waals surface area contributed by atoms with Gasteiger partial charge in [0.05, 0.1) is 12.6 Å². The number of ether oxygens (including phenoxy) is 1. The zero-order chi connectivity index (χ0) is 18.2. The summed E-state index contributed by atoms with van der Waals surface area (Å²) >= 11 is 1.79. The molecule has 0 spiro atoms. The van der Waals surface area contributed by atoms with Crippen molar-refractivity contribution in [2.24, 2.45) is 4.99 Å². The van der Waals surface area contributed by atoms with E-state index in [4.69, 9.17) is 4.74 Å². The van der Waals surface area contributed by atoms with Crippen LogP contribution in [-0.2, 0) is 4.79 Å². The topological polar surface area (TPSA) is 66.0 Å². The number of nitrogens with one attached hydrogen (secondary N) is 2. The molecule has 25 heavy (non-hydrogen) atoms. The Bertz CT molecular complexity index is 606. The second kappa shape index (κ2) is 9.56. The van der Waals surface area contributed by atoms with Gasteiger partial charge in [-0.1, -0.05) is 25.1 Å². The van der Waals surface area contributed by atoms with Gasteiger partial charge >= 0.3 is 0 Å². The molecule has 1 aromatic carbocycles. The monoisotopic (exact) mass is 364 g/mol. The summed E-state index contributed by atoms with van der Waals surface area (Å²) in [6.07, 6.45) is 2.94. The third-order valence-corrected chi connectivity index (χ3v) is 5.07. The Kier molecular flexibility index (Phi) is 7.43. The van der Waals surface area contributed by atoms with E-state index in [1.165, 1.54) is 0 Å². The Labute approximate surface area is 154 Å². The molecule has 2 unspecified atom stereocenters. The van der Waals surface area contributed by atoms with Crippen molar-refractivity contribution in [3.05, 3.63) is 29.8 Å². The number of hydrogen-bond acceptors (Lipinski definition) is 4. The van der Waals surface area contributed by atoms with Gasteiger partial charge < -0.3 is 20.3 Å². The number of amides is 1. The summed E-state index contributed by atoms with van der Waals surface area (Å²) in [6, 6.07) is 8.16. The first-order chi connectivity index (χ1) is 12.0. The third-order valence-electron chi connectivity index (χ3n) is 4.10. The lowest BCUT2D eigenvalue weighted by molar-refractivity contribution is -0.127. The van der Waals surface area contributed by atoms with Crippen molar-refractivity contribution >= 4 is 23.6 Å². The van der Waals surface area contributed by atoms with Gasteiger partial charge in [0.25, 0.3) is 0 Å². The van der Waals surface area contributed by atoms with Crippen molar-refractivity contribution in [2.75, 3.05) is 40.0 Å². The number of fused-ring (bicyclic) bond motifs is 1. The van der Waals surface area contributed by atoms with Crippen molar-refractivity contribution < 1.29 is 9.53 Å². The van der Waals surface area contributed by atoms with Crippen molar-refractivity contribution in [3.8, 4) is 5.75 Å². The number of likely N-dealkylation sites (N-methyl/N-ethyl adjacent to an activating group) is 1. The van der Waals surface area contributed by atoms with Gasteiger partial charge in [-0.25, -0.2) is 4.99 Å². The molecule has 0 saturated carbocycles. The second-order valence-corrected chi connectivity index (χ2v) is 7.53. The fourth-order valence-corrected chi connectivity index (χ4v) is 2.67. The number of nitrogens with zero attached hydrogens (tertiary/aromatic N) is 2. The fraction of sp³-hybridized carbons (Fsp3) is 0.556. The van der Waals surface area contributed by atoms with E-state index in [1.807, 2.05) is 18.2 Å². The van der Waals surface area contributed by atoms with Crippen LogP contribution in [0.5, 0.6) is 5.75 Å². The minimum absolute atomic E-state index is 0.0219. The minimum Gasteiger partial charge on any atom is -0.493 e. The van der Waals surface area contributed by atoms with Crippen LogP contribution in [0.4, 0.5) is 0 Å². The number of para-hydroxylation sites is 1. The maximum absolute atomic E-state index is 11.9. The summed E-state index contributed by atoms with van der Waals surface area (Å²) in [6.45, 7) is 3.73. The van der Waals surface area contributed by atoms with Crippen molar-refractivity contribution in [3.63, 3.8) is 0 Å². The number of carbonyl (C=O) groups is 1. The molecule has 1 amide bonds. The number of hydrogen-bond donors (Lipinski definition) is 2. The first kappa shape index (κ1) is 19.4. The first-order valence-electron chi connectivity index (χ1n) is 8.50. The van der Waals surface area contributed by atoms with Crippen LogP contribution in [0.2, 0.25) is 0 Å². The van der Waals surface area contributed by atoms with Crippen LogP contribution in [0.15, 0.2) is 29.3 Å². The van der Waals surface area contributed by atoms with Crippen LogP contribution in [0.3, 0.4) is 0 Å². The summed E-state index contributed by atoms with van der Waals surface area (Å²) in [5.41, 5.74) is 1.13. The maximum Gasteiger partial charge on any atom is 0.243 e. The summed E-state index contributed by atoms with van der Waals surface area (Å²) in [5.74, 6) is 1.55. The number of benzene rings is 1. The number of aliphatic imine (C=N–C) groups is 1. The maximum atomic E-state index is 11.9. The number of guanidine groups is 1. The molecular weight excluding hydrogens is 336 g/mol. The molecule has 1 aliphatic heterocycles. The largest absolute Gasteiger partial charge is 0.493 e. The Hall–Kier alpha value is -1.89. The highest BCUT2D eigenvalue weighted by Crippen LogP contribution is 2.31. The summed E-state index contributed by atoms with van der Waals surface area (Å²) in [7, 11) is 3.48. The van der Waals surface area contributed by atoms with Crippen LogP contribution in [0.25, 0.3) is 0 Å². The molecule has 2 atom stereocenters. The predicted molar refractivity (Wildman–Crippen MR) is 104 cm³/mol. The van der Waals surface area contributed by atoms with Crippen LogP contribution in [0.1, 0.15) is 24.9 Å². The fourth-order valence-electron chi connectivity index (χ4n) is 2.42. The Balaban J connectivity index is 2.10. The van der Waals surface area contributed by atoms with Crippen molar-refractivity contribution in [2.45, 2.75) is 24.6 Å². The third kappa shape index (κ3) is 5.85. The van der Waals surface area contributed by atoms with Gasteiger partial charge in [-0.2, -0.15) is 11.8 Å². The van der Waals surface area contributed by atoms with Crippen LogP contribution < -0.4 is 15.4 Å². The molecule has 0 radical (unpaired) electrons. The Morgan fingerprint density at radius 2 is 2.20 bits per heavy atom. The lowest BCUT2D eigenvalue weighted by Crippen LogP contribution is -2.43. The Morgan fingerprint density at radius 3 is 2.92 bits per heavy atom. The van der Waals surface area contributed by atoms with Gasteiger partial charge in [0.2, 0.25) is 5.91 Å². The lowest BCUT2D eigenvalue weighted by atomic mass is 10.0. The van der Waals surface area contributed by atoms with Crippen LogP contribution in [0, 0.1) is 0 Å². The normalized spacial score (nSPS) is 17.9. The molecule has 0 saturated heterocycles. The van der Waals surface area contributed by atoms with E-state index in [0.717, 1.165) is 24.3 Å². The number of thioether (sulfide) groups is 1. The zero-order valence-corrected chi connectivity index (χ0v) is 16.2. The quantitative estimate of drug-likeness (QED) is 0.596. The minimum atomic E-state index is -0.0219. The molecule has 0 aromatic heterocycles. The van der Waals surface area contributed by atoms with Crippen LogP contribution in [-0.4, -0.2) is 62.1 Å². The van der Waals surface area contributed by atoms with Gasteiger partial charge in [-0.05, 0) is 12.3 Å². The molecule has 0 fully saturated rings. The SMILES string of the molecule is CSC(C)CNC(=NCC(=O)N(C)C)NC1CCOc2ccccc21. The summed E-state index contributed by atoms with van der Waals surface area (Å²) in [4.78, 5) is 17.9. The zero-order valence-electron chi connectivity index (χ0n) is 15.4. The van der Waals surface area contributed by atoms with E-state index >= 15 is 0 Å². The summed E-state index contributed by atoms with van der Waals surface area (Å²) < 4.78 is 5.72. The standard InChI is InChI=1S/C18H28N4O2S/c1-13(25-4)11-19-18(20-12-17(23)22(2)3)21-15-9-10-24-16-8-6-5-7-14(15)16/h5-8,13,15H,9-12H2,1-4H3,(H2,19,20,21). The van der Waals surface area contributed by atoms with Gasteiger partial charge in [0.15, 0.2) is 5.96 Å². The van der Waals surface area contributed by atoms with E-state index in [9.17, 15) is 4.79 Å².